The lowest BCUT2D eigenvalue weighted by Gasteiger charge is -2.21. The van der Waals surface area contributed by atoms with E-state index in [1.54, 1.807) is 0 Å². The van der Waals surface area contributed by atoms with Crippen LogP contribution in [0.3, 0.4) is 0 Å². The Morgan fingerprint density at radius 3 is 2.42 bits per heavy atom. The van der Waals surface area contributed by atoms with Gasteiger partial charge in [-0.25, -0.2) is 8.78 Å². The summed E-state index contributed by atoms with van der Waals surface area (Å²) in [6, 6.07) is 0. The average Bonchev–Trinajstić information content (AvgIpc) is 2.60. The Kier molecular flexibility index (Phi) is 2.35. The van der Waals surface area contributed by atoms with E-state index in [0.717, 1.165) is 19.8 Å². The molecule has 0 amide bonds. The van der Waals surface area contributed by atoms with Crippen LogP contribution in [0.25, 0.3) is 0 Å². The lowest BCUT2D eigenvalue weighted by molar-refractivity contribution is -0.143. The Hall–Kier alpha value is -0.670. The highest BCUT2D eigenvalue weighted by atomic mass is 19.3. The molecule has 0 aromatic carbocycles. The van der Waals surface area contributed by atoms with Crippen molar-refractivity contribution < 1.29 is 18.7 Å². The van der Waals surface area contributed by atoms with Crippen molar-refractivity contribution in [3.8, 4) is 0 Å². The fourth-order valence-electron chi connectivity index (χ4n) is 1.45. The predicted molar refractivity (Wildman–Crippen MR) is 39.1 cm³/mol. The summed E-state index contributed by atoms with van der Waals surface area (Å²) >= 11 is 0. The Labute approximate surface area is 69.6 Å². The van der Waals surface area contributed by atoms with Crippen LogP contribution in [0.15, 0.2) is 0 Å². The lowest BCUT2D eigenvalue weighted by atomic mass is 9.93. The minimum Gasteiger partial charge on any atom is -0.481 e. The minimum absolute atomic E-state index is 0.0684. The molecule has 2 nitrogen and oxygen atoms in total. The topological polar surface area (TPSA) is 37.3 Å². The van der Waals surface area contributed by atoms with Gasteiger partial charge in [0.25, 0.3) is 0 Å². The normalized spacial score (nSPS) is 20.6. The van der Waals surface area contributed by atoms with Gasteiger partial charge in [0.15, 0.2) is 0 Å². The van der Waals surface area contributed by atoms with E-state index in [0.29, 0.717) is 0 Å². The highest BCUT2D eigenvalue weighted by molar-refractivity contribution is 5.67. The van der Waals surface area contributed by atoms with E-state index in [-0.39, 0.29) is 5.92 Å². The van der Waals surface area contributed by atoms with Gasteiger partial charge in [-0.2, -0.15) is 0 Å². The molecule has 1 aliphatic carbocycles. The zero-order chi connectivity index (χ0) is 9.35. The second kappa shape index (κ2) is 2.99. The molecule has 0 aromatic rings. The lowest BCUT2D eigenvalue weighted by Crippen LogP contribution is -2.28. The van der Waals surface area contributed by atoms with Crippen LogP contribution in [0.4, 0.5) is 8.78 Å². The molecule has 70 valence electrons. The third-order valence-electron chi connectivity index (χ3n) is 2.24. The van der Waals surface area contributed by atoms with E-state index in [1.807, 2.05) is 0 Å². The second-order valence-electron chi connectivity index (χ2n) is 3.50. The van der Waals surface area contributed by atoms with Crippen molar-refractivity contribution in [3.05, 3.63) is 0 Å². The molecular formula is C8H12F2O2. The number of carboxylic acid groups (broad SMARTS) is 1. The van der Waals surface area contributed by atoms with Crippen LogP contribution in [-0.2, 0) is 4.79 Å². The van der Waals surface area contributed by atoms with E-state index in [4.69, 9.17) is 5.11 Å². The summed E-state index contributed by atoms with van der Waals surface area (Å²) in [4.78, 5) is 10.3. The third kappa shape index (κ3) is 2.43. The van der Waals surface area contributed by atoms with Crippen molar-refractivity contribution in [2.75, 3.05) is 0 Å². The predicted octanol–water partition coefficient (Wildman–Crippen LogP) is 2.14. The molecule has 0 aliphatic heterocycles. The summed E-state index contributed by atoms with van der Waals surface area (Å²) < 4.78 is 25.5. The van der Waals surface area contributed by atoms with Crippen LogP contribution < -0.4 is 0 Å². The molecule has 1 saturated carbocycles. The molecule has 1 fully saturated rings. The van der Waals surface area contributed by atoms with Crippen molar-refractivity contribution in [2.45, 2.75) is 32.1 Å². The zero-order valence-corrected chi connectivity index (χ0v) is 6.89. The van der Waals surface area contributed by atoms with Crippen molar-refractivity contribution in [3.63, 3.8) is 0 Å². The summed E-state index contributed by atoms with van der Waals surface area (Å²) in [5.41, 5.74) is 0. The fourth-order valence-corrected chi connectivity index (χ4v) is 1.45. The van der Waals surface area contributed by atoms with Crippen molar-refractivity contribution in [1.82, 2.24) is 0 Å². The van der Waals surface area contributed by atoms with Gasteiger partial charge >= 0.3 is 5.97 Å². The van der Waals surface area contributed by atoms with Gasteiger partial charge in [0.05, 0.1) is 6.42 Å². The van der Waals surface area contributed by atoms with Gasteiger partial charge in [0, 0.05) is 5.92 Å². The molecule has 0 bridgehead atoms. The first-order valence-electron chi connectivity index (χ1n) is 4.01. The number of halogens is 2. The van der Waals surface area contributed by atoms with Gasteiger partial charge in [-0.1, -0.05) is 0 Å². The molecule has 1 rings (SSSR count). The largest absolute Gasteiger partial charge is 0.481 e. The molecule has 1 unspecified atom stereocenters. The van der Waals surface area contributed by atoms with Crippen LogP contribution in [0, 0.1) is 11.8 Å². The van der Waals surface area contributed by atoms with Crippen LogP contribution in [-0.4, -0.2) is 17.0 Å². The Morgan fingerprint density at radius 2 is 2.17 bits per heavy atom. The smallest absolute Gasteiger partial charge is 0.303 e. The number of rotatable bonds is 4. The standard InChI is InChI=1S/C8H12F2O2/c1-8(9,10)6(4-7(11)12)5-2-3-5/h5-6H,2-4H2,1H3,(H,11,12). The highest BCUT2D eigenvalue weighted by Crippen LogP contribution is 2.45. The number of carboxylic acids is 1. The van der Waals surface area contributed by atoms with Crippen molar-refractivity contribution >= 4 is 5.97 Å². The van der Waals surface area contributed by atoms with Gasteiger partial charge in [-0.05, 0) is 25.7 Å². The number of hydrogen-bond donors (Lipinski definition) is 1. The number of carbonyl (C=O) groups is 1. The van der Waals surface area contributed by atoms with E-state index >= 15 is 0 Å². The molecule has 4 heteroatoms. The molecule has 0 spiro atoms. The summed E-state index contributed by atoms with van der Waals surface area (Å²) in [6.45, 7) is 0.804. The second-order valence-corrected chi connectivity index (χ2v) is 3.50. The maximum atomic E-state index is 12.8. The monoisotopic (exact) mass is 178 g/mol. The highest BCUT2D eigenvalue weighted by Gasteiger charge is 2.45. The van der Waals surface area contributed by atoms with Crippen LogP contribution in [0.1, 0.15) is 26.2 Å². The van der Waals surface area contributed by atoms with Gasteiger partial charge in [0.1, 0.15) is 0 Å². The molecule has 1 aliphatic rings. The van der Waals surface area contributed by atoms with Gasteiger partial charge in [0.2, 0.25) is 5.92 Å². The SMILES string of the molecule is CC(F)(F)C(CC(=O)O)C1CC1. The molecule has 12 heavy (non-hydrogen) atoms. The first-order valence-corrected chi connectivity index (χ1v) is 4.01. The summed E-state index contributed by atoms with van der Waals surface area (Å²) in [5.74, 6) is -5.01. The van der Waals surface area contributed by atoms with Crippen LogP contribution in [0.2, 0.25) is 0 Å². The molecule has 0 saturated heterocycles. The van der Waals surface area contributed by atoms with E-state index < -0.39 is 24.2 Å². The number of hydrogen-bond acceptors (Lipinski definition) is 1. The maximum Gasteiger partial charge on any atom is 0.303 e. The van der Waals surface area contributed by atoms with E-state index in [2.05, 4.69) is 0 Å². The maximum absolute atomic E-state index is 12.8. The molecular weight excluding hydrogens is 166 g/mol. The van der Waals surface area contributed by atoms with Crippen LogP contribution in [0.5, 0.6) is 0 Å². The summed E-state index contributed by atoms with van der Waals surface area (Å²) in [7, 11) is 0. The van der Waals surface area contributed by atoms with E-state index in [1.165, 1.54) is 0 Å². The van der Waals surface area contributed by atoms with Crippen molar-refractivity contribution in [2.24, 2.45) is 11.8 Å². The van der Waals surface area contributed by atoms with Crippen molar-refractivity contribution in [1.29, 1.82) is 0 Å². The average molecular weight is 178 g/mol. The van der Waals surface area contributed by atoms with E-state index in [9.17, 15) is 13.6 Å². The molecule has 0 heterocycles. The third-order valence-corrected chi connectivity index (χ3v) is 2.24. The number of aliphatic carboxylic acids is 1. The molecule has 1 N–H and O–H groups in total. The van der Waals surface area contributed by atoms with Gasteiger partial charge < -0.3 is 5.11 Å². The minimum atomic E-state index is -2.85. The number of alkyl halides is 2. The Morgan fingerprint density at radius 1 is 1.67 bits per heavy atom. The van der Waals surface area contributed by atoms with Gasteiger partial charge in [-0.3, -0.25) is 4.79 Å². The Balaban J connectivity index is 2.54. The summed E-state index contributed by atoms with van der Waals surface area (Å²) in [6.07, 6.45) is 1.09. The molecule has 0 radical (unpaired) electrons. The zero-order valence-electron chi connectivity index (χ0n) is 6.89. The molecule has 1 atom stereocenters. The Bertz CT molecular complexity index is 182. The first-order chi connectivity index (χ1) is 5.41. The molecule has 0 aromatic heterocycles. The van der Waals surface area contributed by atoms with Gasteiger partial charge in [-0.15, -0.1) is 0 Å². The quantitative estimate of drug-likeness (QED) is 0.716. The fraction of sp³-hybridized carbons (Fsp3) is 0.875. The summed E-state index contributed by atoms with van der Waals surface area (Å²) in [5, 5.41) is 8.39. The first kappa shape index (κ1) is 9.42. The van der Waals surface area contributed by atoms with Crippen LogP contribution >= 0.6 is 0 Å².